The molecule has 3 aliphatic heterocycles. The number of piperidine rings is 3. The zero-order valence-electron chi connectivity index (χ0n) is 12.3. The second-order valence-corrected chi connectivity index (χ2v) is 6.66. The molecule has 4 nitrogen and oxygen atoms in total. The van der Waals surface area contributed by atoms with Gasteiger partial charge in [0.25, 0.3) is 5.91 Å². The number of fused-ring (bicyclic) bond motifs is 4. The van der Waals surface area contributed by atoms with E-state index in [2.05, 4.69) is 15.2 Å². The van der Waals surface area contributed by atoms with Crippen LogP contribution < -0.4 is 5.32 Å². The fourth-order valence-electron chi connectivity index (χ4n) is 3.63. The highest BCUT2D eigenvalue weighted by Gasteiger charge is 2.35. The van der Waals surface area contributed by atoms with Gasteiger partial charge in [0.1, 0.15) is 5.69 Å². The van der Waals surface area contributed by atoms with Crippen LogP contribution in [0.25, 0.3) is 10.8 Å². The van der Waals surface area contributed by atoms with Gasteiger partial charge in [0.2, 0.25) is 0 Å². The molecule has 1 amide bonds. The molecule has 2 aromatic rings. The lowest BCUT2D eigenvalue weighted by Gasteiger charge is -2.44. The first-order valence-electron chi connectivity index (χ1n) is 7.78. The molecule has 3 saturated heterocycles. The molecule has 0 saturated carbocycles. The molecule has 1 atom stereocenters. The van der Waals surface area contributed by atoms with Gasteiger partial charge < -0.3 is 10.2 Å². The van der Waals surface area contributed by atoms with Crippen molar-refractivity contribution in [3.05, 3.63) is 41.2 Å². The van der Waals surface area contributed by atoms with E-state index in [1.54, 1.807) is 12.3 Å². The Morgan fingerprint density at radius 3 is 2.86 bits per heavy atom. The molecule has 0 aliphatic carbocycles. The minimum absolute atomic E-state index is 0.0967. The Morgan fingerprint density at radius 2 is 2.14 bits per heavy atom. The van der Waals surface area contributed by atoms with Gasteiger partial charge in [-0.3, -0.25) is 9.78 Å². The van der Waals surface area contributed by atoms with E-state index in [4.69, 9.17) is 11.6 Å². The molecule has 3 fully saturated rings. The molecular weight excluding hydrogens is 298 g/mol. The van der Waals surface area contributed by atoms with Crippen molar-refractivity contribution < 1.29 is 4.79 Å². The molecule has 5 rings (SSSR count). The van der Waals surface area contributed by atoms with Crippen molar-refractivity contribution in [1.82, 2.24) is 15.2 Å². The van der Waals surface area contributed by atoms with Crippen LogP contribution in [0.15, 0.2) is 30.5 Å². The average molecular weight is 316 g/mol. The highest BCUT2D eigenvalue weighted by atomic mass is 35.5. The quantitative estimate of drug-likeness (QED) is 0.927. The number of hydrogen-bond acceptors (Lipinski definition) is 3. The van der Waals surface area contributed by atoms with Crippen molar-refractivity contribution in [1.29, 1.82) is 0 Å². The number of halogens is 1. The van der Waals surface area contributed by atoms with Gasteiger partial charge >= 0.3 is 0 Å². The third kappa shape index (κ3) is 2.46. The van der Waals surface area contributed by atoms with E-state index in [-0.39, 0.29) is 11.9 Å². The van der Waals surface area contributed by atoms with Crippen LogP contribution in [0.2, 0.25) is 5.02 Å². The lowest BCUT2D eigenvalue weighted by molar-refractivity contribution is 0.0618. The molecule has 22 heavy (non-hydrogen) atoms. The normalized spacial score (nSPS) is 27.0. The first-order valence-corrected chi connectivity index (χ1v) is 8.16. The average Bonchev–Trinajstić information content (AvgIpc) is 2.56. The largest absolute Gasteiger partial charge is 0.346 e. The van der Waals surface area contributed by atoms with Gasteiger partial charge in [-0.2, -0.15) is 0 Å². The molecule has 2 bridgehead atoms. The van der Waals surface area contributed by atoms with Gasteiger partial charge in [-0.1, -0.05) is 23.7 Å². The predicted octanol–water partition coefficient (Wildman–Crippen LogP) is 2.71. The molecule has 5 heteroatoms. The summed E-state index contributed by atoms with van der Waals surface area (Å²) in [5.41, 5.74) is 0.442. The van der Waals surface area contributed by atoms with E-state index in [9.17, 15) is 4.79 Å². The van der Waals surface area contributed by atoms with Gasteiger partial charge in [0.15, 0.2) is 0 Å². The summed E-state index contributed by atoms with van der Waals surface area (Å²) in [5.74, 6) is 0.513. The number of pyridine rings is 1. The second-order valence-electron chi connectivity index (χ2n) is 6.25. The Balaban J connectivity index is 1.56. The third-order valence-electron chi connectivity index (χ3n) is 4.92. The Hall–Kier alpha value is -1.65. The van der Waals surface area contributed by atoms with E-state index in [1.165, 1.54) is 25.9 Å². The predicted molar refractivity (Wildman–Crippen MR) is 87.2 cm³/mol. The number of benzene rings is 1. The van der Waals surface area contributed by atoms with Crippen LogP contribution in [0.1, 0.15) is 23.3 Å². The number of carbonyl (C=O) groups excluding carboxylic acids is 1. The number of rotatable bonds is 2. The van der Waals surface area contributed by atoms with Crippen LogP contribution in [-0.2, 0) is 0 Å². The second kappa shape index (κ2) is 5.52. The van der Waals surface area contributed by atoms with Gasteiger partial charge in [-0.15, -0.1) is 0 Å². The molecule has 1 N–H and O–H groups in total. The molecule has 4 heterocycles. The summed E-state index contributed by atoms with van der Waals surface area (Å²) in [5, 5.41) is 5.64. The summed E-state index contributed by atoms with van der Waals surface area (Å²) >= 11 is 6.21. The van der Waals surface area contributed by atoms with Gasteiger partial charge in [0.05, 0.1) is 0 Å². The molecule has 3 aliphatic rings. The first kappa shape index (κ1) is 14.0. The summed E-state index contributed by atoms with van der Waals surface area (Å²) in [7, 11) is 0. The van der Waals surface area contributed by atoms with Crippen LogP contribution in [-0.4, -0.2) is 41.5 Å². The molecule has 1 aromatic carbocycles. The SMILES string of the molecule is O=C(NC1CN2CCC1CC2)c1cc2c(Cl)cccc2cn1. The van der Waals surface area contributed by atoms with Crippen LogP contribution in [0, 0.1) is 5.92 Å². The van der Waals surface area contributed by atoms with Crippen LogP contribution in [0.5, 0.6) is 0 Å². The molecule has 1 aromatic heterocycles. The number of nitrogens with zero attached hydrogens (tertiary/aromatic N) is 2. The summed E-state index contributed by atoms with van der Waals surface area (Å²) in [6, 6.07) is 7.70. The van der Waals surface area contributed by atoms with Crippen molar-refractivity contribution in [3.8, 4) is 0 Å². The third-order valence-corrected chi connectivity index (χ3v) is 5.25. The topological polar surface area (TPSA) is 45.2 Å². The zero-order chi connectivity index (χ0) is 15.1. The van der Waals surface area contributed by atoms with Crippen LogP contribution in [0.4, 0.5) is 0 Å². The molecule has 114 valence electrons. The van der Waals surface area contributed by atoms with E-state index in [0.29, 0.717) is 16.6 Å². The fourth-order valence-corrected chi connectivity index (χ4v) is 3.86. The maximum Gasteiger partial charge on any atom is 0.270 e. The van der Waals surface area contributed by atoms with E-state index < -0.39 is 0 Å². The number of carbonyl (C=O) groups is 1. The number of aromatic nitrogens is 1. The van der Waals surface area contributed by atoms with Crippen molar-refractivity contribution in [3.63, 3.8) is 0 Å². The highest BCUT2D eigenvalue weighted by Crippen LogP contribution is 2.28. The Labute approximate surface area is 134 Å². The number of hydrogen-bond donors (Lipinski definition) is 1. The minimum atomic E-state index is -0.0967. The molecule has 0 spiro atoms. The Kier molecular flexibility index (Phi) is 3.51. The van der Waals surface area contributed by atoms with Gasteiger partial charge in [-0.25, -0.2) is 0 Å². The minimum Gasteiger partial charge on any atom is -0.346 e. The zero-order valence-corrected chi connectivity index (χ0v) is 13.0. The fraction of sp³-hybridized carbons (Fsp3) is 0.412. The molecule has 0 radical (unpaired) electrons. The van der Waals surface area contributed by atoms with Crippen LogP contribution >= 0.6 is 11.6 Å². The standard InChI is InChI=1S/C17H18ClN3O/c18-14-3-1-2-12-9-19-15(8-13(12)14)17(22)20-16-10-21-6-4-11(16)5-7-21/h1-3,8-9,11,16H,4-7,10H2,(H,20,22). The van der Waals surface area contributed by atoms with Crippen molar-refractivity contribution in [2.45, 2.75) is 18.9 Å². The maximum absolute atomic E-state index is 12.5. The number of nitrogens with one attached hydrogen (secondary N) is 1. The van der Waals surface area contributed by atoms with Crippen molar-refractivity contribution in [2.24, 2.45) is 5.92 Å². The summed E-state index contributed by atoms with van der Waals surface area (Å²) in [6.45, 7) is 3.30. The van der Waals surface area contributed by atoms with E-state index in [1.807, 2.05) is 18.2 Å². The lowest BCUT2D eigenvalue weighted by Crippen LogP contribution is -2.57. The van der Waals surface area contributed by atoms with E-state index in [0.717, 1.165) is 17.3 Å². The van der Waals surface area contributed by atoms with Gasteiger partial charge in [0, 0.05) is 34.6 Å². The molecular formula is C17H18ClN3O. The molecule has 1 unspecified atom stereocenters. The monoisotopic (exact) mass is 315 g/mol. The van der Waals surface area contributed by atoms with Gasteiger partial charge in [-0.05, 0) is 44.0 Å². The first-order chi connectivity index (χ1) is 10.7. The van der Waals surface area contributed by atoms with Crippen molar-refractivity contribution in [2.75, 3.05) is 19.6 Å². The smallest absolute Gasteiger partial charge is 0.270 e. The number of amides is 1. The summed E-state index contributed by atoms with van der Waals surface area (Å²) in [6.07, 6.45) is 4.08. The maximum atomic E-state index is 12.5. The van der Waals surface area contributed by atoms with Crippen LogP contribution in [0.3, 0.4) is 0 Å². The Bertz CT molecular complexity index is 725. The summed E-state index contributed by atoms with van der Waals surface area (Å²) in [4.78, 5) is 19.2. The summed E-state index contributed by atoms with van der Waals surface area (Å²) < 4.78 is 0. The lowest BCUT2D eigenvalue weighted by atomic mass is 9.84. The van der Waals surface area contributed by atoms with E-state index >= 15 is 0 Å². The Morgan fingerprint density at radius 1 is 1.32 bits per heavy atom. The highest BCUT2D eigenvalue weighted by molar-refractivity contribution is 6.35. The van der Waals surface area contributed by atoms with Crippen molar-refractivity contribution >= 4 is 28.3 Å².